The van der Waals surface area contributed by atoms with E-state index < -0.39 is 11.9 Å². The highest BCUT2D eigenvalue weighted by Gasteiger charge is 2.14. The van der Waals surface area contributed by atoms with Gasteiger partial charge in [0.1, 0.15) is 0 Å². The number of aryl methyl sites for hydroxylation is 2. The van der Waals surface area contributed by atoms with Crippen LogP contribution in [0.15, 0.2) is 30.3 Å². The third-order valence-corrected chi connectivity index (χ3v) is 3.20. The number of rotatable bonds is 2. The van der Waals surface area contributed by atoms with E-state index in [4.69, 9.17) is 5.11 Å². The first-order valence-electron chi connectivity index (χ1n) is 5.73. The van der Waals surface area contributed by atoms with Crippen LogP contribution in [0.25, 0.3) is 10.8 Å². The standard InChI is InChI=1S/C15H16O2/c1-9-6-10(2)14-8-12(11(3)15(16)17)4-5-13(14)7-9/h4-8,11H,1-3H3,(H,16,17). The van der Waals surface area contributed by atoms with Crippen LogP contribution in [0.4, 0.5) is 0 Å². The lowest BCUT2D eigenvalue weighted by Gasteiger charge is -2.10. The van der Waals surface area contributed by atoms with E-state index >= 15 is 0 Å². The van der Waals surface area contributed by atoms with E-state index in [9.17, 15) is 4.79 Å². The fourth-order valence-corrected chi connectivity index (χ4v) is 2.16. The van der Waals surface area contributed by atoms with Gasteiger partial charge < -0.3 is 5.11 Å². The summed E-state index contributed by atoms with van der Waals surface area (Å²) in [6.07, 6.45) is 0. The Balaban J connectivity index is 2.61. The summed E-state index contributed by atoms with van der Waals surface area (Å²) < 4.78 is 0. The topological polar surface area (TPSA) is 37.3 Å². The maximum Gasteiger partial charge on any atom is 0.310 e. The van der Waals surface area contributed by atoms with Crippen LogP contribution >= 0.6 is 0 Å². The summed E-state index contributed by atoms with van der Waals surface area (Å²) in [5.74, 6) is -1.24. The van der Waals surface area contributed by atoms with Crippen molar-refractivity contribution in [1.82, 2.24) is 0 Å². The van der Waals surface area contributed by atoms with Gasteiger partial charge in [-0.25, -0.2) is 0 Å². The van der Waals surface area contributed by atoms with Crippen molar-refractivity contribution in [3.8, 4) is 0 Å². The quantitative estimate of drug-likeness (QED) is 0.852. The molecule has 2 aromatic carbocycles. The average molecular weight is 228 g/mol. The summed E-state index contributed by atoms with van der Waals surface area (Å²) in [4.78, 5) is 11.0. The van der Waals surface area contributed by atoms with Gasteiger partial charge in [-0.05, 0) is 42.7 Å². The third-order valence-electron chi connectivity index (χ3n) is 3.20. The number of fused-ring (bicyclic) bond motifs is 1. The van der Waals surface area contributed by atoms with E-state index in [0.717, 1.165) is 10.9 Å². The molecule has 88 valence electrons. The van der Waals surface area contributed by atoms with Gasteiger partial charge in [-0.15, -0.1) is 0 Å². The van der Waals surface area contributed by atoms with Crippen molar-refractivity contribution < 1.29 is 9.90 Å². The van der Waals surface area contributed by atoms with Crippen molar-refractivity contribution >= 4 is 16.7 Å². The monoisotopic (exact) mass is 228 g/mol. The fraction of sp³-hybridized carbons (Fsp3) is 0.267. The number of carboxylic acids is 1. The number of carbonyl (C=O) groups is 1. The minimum absolute atomic E-state index is 0.458. The summed E-state index contributed by atoms with van der Waals surface area (Å²) >= 11 is 0. The van der Waals surface area contributed by atoms with Gasteiger partial charge in [0.2, 0.25) is 0 Å². The zero-order valence-corrected chi connectivity index (χ0v) is 10.3. The molecule has 2 rings (SSSR count). The van der Waals surface area contributed by atoms with Crippen molar-refractivity contribution in [2.75, 3.05) is 0 Å². The van der Waals surface area contributed by atoms with Crippen LogP contribution in [-0.4, -0.2) is 11.1 Å². The van der Waals surface area contributed by atoms with E-state index in [1.54, 1.807) is 6.92 Å². The Morgan fingerprint density at radius 1 is 1.18 bits per heavy atom. The lowest BCUT2D eigenvalue weighted by Crippen LogP contribution is -2.07. The Hall–Kier alpha value is -1.83. The molecule has 0 saturated carbocycles. The van der Waals surface area contributed by atoms with Crippen molar-refractivity contribution in [3.63, 3.8) is 0 Å². The maximum atomic E-state index is 11.0. The largest absolute Gasteiger partial charge is 0.481 e. The minimum Gasteiger partial charge on any atom is -0.481 e. The molecule has 0 aliphatic rings. The van der Waals surface area contributed by atoms with Crippen LogP contribution in [0.3, 0.4) is 0 Å². The van der Waals surface area contributed by atoms with E-state index in [0.29, 0.717) is 0 Å². The summed E-state index contributed by atoms with van der Waals surface area (Å²) in [7, 11) is 0. The Morgan fingerprint density at radius 2 is 1.88 bits per heavy atom. The Labute approximate surface area is 101 Å². The second kappa shape index (κ2) is 4.21. The first kappa shape index (κ1) is 11.6. The molecule has 0 saturated heterocycles. The van der Waals surface area contributed by atoms with Crippen LogP contribution in [0.1, 0.15) is 29.5 Å². The zero-order chi connectivity index (χ0) is 12.6. The molecule has 1 N–H and O–H groups in total. The molecule has 0 bridgehead atoms. The van der Waals surface area contributed by atoms with Crippen molar-refractivity contribution in [2.45, 2.75) is 26.7 Å². The van der Waals surface area contributed by atoms with Crippen molar-refractivity contribution in [2.24, 2.45) is 0 Å². The number of benzene rings is 2. The Morgan fingerprint density at radius 3 is 2.53 bits per heavy atom. The second-order valence-electron chi connectivity index (χ2n) is 4.62. The number of aliphatic carboxylic acids is 1. The van der Waals surface area contributed by atoms with Crippen LogP contribution in [-0.2, 0) is 4.79 Å². The molecule has 0 spiro atoms. The SMILES string of the molecule is Cc1cc(C)c2cc(C(C)C(=O)O)ccc2c1. The fourth-order valence-electron chi connectivity index (χ4n) is 2.16. The maximum absolute atomic E-state index is 11.0. The molecule has 0 heterocycles. The predicted molar refractivity (Wildman–Crippen MR) is 69.5 cm³/mol. The molecular formula is C15H16O2. The summed E-state index contributed by atoms with van der Waals surface area (Å²) in [5, 5.41) is 11.3. The molecule has 0 aromatic heterocycles. The van der Waals surface area contributed by atoms with Crippen LogP contribution in [0, 0.1) is 13.8 Å². The summed E-state index contributed by atoms with van der Waals surface area (Å²) in [6, 6.07) is 10.1. The van der Waals surface area contributed by atoms with Gasteiger partial charge in [-0.2, -0.15) is 0 Å². The van der Waals surface area contributed by atoms with Crippen LogP contribution in [0.5, 0.6) is 0 Å². The first-order valence-corrected chi connectivity index (χ1v) is 5.73. The van der Waals surface area contributed by atoms with Gasteiger partial charge in [0.15, 0.2) is 0 Å². The Bertz CT molecular complexity index is 585. The highest BCUT2D eigenvalue weighted by molar-refractivity contribution is 5.88. The van der Waals surface area contributed by atoms with Crippen molar-refractivity contribution in [3.05, 3.63) is 47.0 Å². The van der Waals surface area contributed by atoms with E-state index in [1.807, 2.05) is 18.2 Å². The molecular weight excluding hydrogens is 212 g/mol. The molecule has 0 amide bonds. The van der Waals surface area contributed by atoms with Gasteiger partial charge in [0.25, 0.3) is 0 Å². The van der Waals surface area contributed by atoms with Gasteiger partial charge in [0, 0.05) is 0 Å². The number of hydrogen-bond donors (Lipinski definition) is 1. The number of carboxylic acid groups (broad SMARTS) is 1. The average Bonchev–Trinajstić information content (AvgIpc) is 2.27. The third kappa shape index (κ3) is 2.16. The molecule has 1 atom stereocenters. The van der Waals surface area contributed by atoms with Crippen LogP contribution in [0.2, 0.25) is 0 Å². The van der Waals surface area contributed by atoms with Gasteiger partial charge in [-0.3, -0.25) is 4.79 Å². The molecule has 17 heavy (non-hydrogen) atoms. The minimum atomic E-state index is -0.783. The summed E-state index contributed by atoms with van der Waals surface area (Å²) in [6.45, 7) is 5.85. The first-order chi connectivity index (χ1) is 7.99. The normalized spacial score (nSPS) is 12.6. The molecule has 0 fully saturated rings. The predicted octanol–water partition coefficient (Wildman–Crippen LogP) is 3.64. The molecule has 2 heteroatoms. The van der Waals surface area contributed by atoms with Gasteiger partial charge >= 0.3 is 5.97 Å². The van der Waals surface area contributed by atoms with Crippen molar-refractivity contribution in [1.29, 1.82) is 0 Å². The molecule has 2 nitrogen and oxygen atoms in total. The van der Waals surface area contributed by atoms with E-state index in [-0.39, 0.29) is 0 Å². The molecule has 2 aromatic rings. The highest BCUT2D eigenvalue weighted by Crippen LogP contribution is 2.25. The zero-order valence-electron chi connectivity index (χ0n) is 10.3. The smallest absolute Gasteiger partial charge is 0.310 e. The second-order valence-corrected chi connectivity index (χ2v) is 4.62. The molecule has 0 aliphatic carbocycles. The van der Waals surface area contributed by atoms with E-state index in [2.05, 4.69) is 26.0 Å². The van der Waals surface area contributed by atoms with E-state index in [1.165, 1.54) is 16.5 Å². The molecule has 1 unspecified atom stereocenters. The lowest BCUT2D eigenvalue weighted by molar-refractivity contribution is -0.138. The van der Waals surface area contributed by atoms with Crippen LogP contribution < -0.4 is 0 Å². The van der Waals surface area contributed by atoms with Gasteiger partial charge in [-0.1, -0.05) is 35.9 Å². The molecule has 0 aliphatic heterocycles. The number of hydrogen-bond acceptors (Lipinski definition) is 1. The highest BCUT2D eigenvalue weighted by atomic mass is 16.4. The lowest BCUT2D eigenvalue weighted by atomic mass is 9.95. The molecule has 0 radical (unpaired) electrons. The van der Waals surface area contributed by atoms with Gasteiger partial charge in [0.05, 0.1) is 5.92 Å². The Kier molecular flexibility index (Phi) is 2.88. The summed E-state index contributed by atoms with van der Waals surface area (Å²) in [5.41, 5.74) is 3.28.